The van der Waals surface area contributed by atoms with Gasteiger partial charge in [0.05, 0.1) is 11.5 Å². The van der Waals surface area contributed by atoms with Crippen molar-refractivity contribution in [3.8, 4) is 0 Å². The zero-order valence-electron chi connectivity index (χ0n) is 10.6. The van der Waals surface area contributed by atoms with Gasteiger partial charge in [0.1, 0.15) is 6.54 Å². The van der Waals surface area contributed by atoms with E-state index in [2.05, 4.69) is 0 Å². The number of thiophene rings is 1. The number of hydrogen-bond donors (Lipinski definition) is 2. The fourth-order valence-electron chi connectivity index (χ4n) is 1.46. The number of carbonyl (C=O) groups is 2. The van der Waals surface area contributed by atoms with E-state index in [4.69, 9.17) is 10.2 Å². The van der Waals surface area contributed by atoms with Gasteiger partial charge < -0.3 is 15.1 Å². The van der Waals surface area contributed by atoms with Gasteiger partial charge >= 0.3 is 12.1 Å². The van der Waals surface area contributed by atoms with Crippen LogP contribution >= 0.6 is 11.3 Å². The van der Waals surface area contributed by atoms with Crippen molar-refractivity contribution in [1.29, 1.82) is 0 Å². The van der Waals surface area contributed by atoms with Gasteiger partial charge in [-0.15, -0.1) is 11.3 Å². The van der Waals surface area contributed by atoms with Crippen LogP contribution in [0.3, 0.4) is 0 Å². The minimum atomic E-state index is -4.56. The first-order chi connectivity index (χ1) is 9.73. The number of hydrogen-bond acceptors (Lipinski definition) is 4. The number of carboxylic acids is 1. The molecule has 21 heavy (non-hydrogen) atoms. The monoisotopic (exact) mass is 323 g/mol. The zero-order valence-corrected chi connectivity index (χ0v) is 11.4. The lowest BCUT2D eigenvalue weighted by atomic mass is 10.3. The van der Waals surface area contributed by atoms with Crippen molar-refractivity contribution in [2.24, 2.45) is 0 Å². The second-order valence-corrected chi connectivity index (χ2v) is 5.05. The molecule has 1 aromatic heterocycles. The lowest BCUT2D eigenvalue weighted by molar-refractivity contribution is -0.141. The normalized spacial score (nSPS) is 11.8. The Morgan fingerprint density at radius 1 is 1.33 bits per heavy atom. The summed E-state index contributed by atoms with van der Waals surface area (Å²) in [5, 5.41) is 17.2. The molecular weight excluding hydrogens is 311 g/mol. The van der Waals surface area contributed by atoms with Crippen LogP contribution in [0.4, 0.5) is 13.2 Å². The third kappa shape index (κ3) is 5.96. The van der Waals surface area contributed by atoms with Crippen LogP contribution in [0.25, 0.3) is 6.08 Å². The summed E-state index contributed by atoms with van der Waals surface area (Å²) in [5.74, 6) is -2.03. The summed E-state index contributed by atoms with van der Waals surface area (Å²) >= 11 is 0.873. The van der Waals surface area contributed by atoms with E-state index in [1.54, 1.807) is 0 Å². The molecule has 0 aliphatic heterocycles. The van der Waals surface area contributed by atoms with E-state index in [1.165, 1.54) is 18.2 Å². The maximum atomic E-state index is 12.4. The van der Waals surface area contributed by atoms with Gasteiger partial charge in [-0.05, 0) is 18.2 Å². The molecular formula is C12H12F3NO4S. The number of aliphatic hydroxyl groups is 1. The first-order valence-electron chi connectivity index (χ1n) is 5.70. The van der Waals surface area contributed by atoms with Gasteiger partial charge in [0.15, 0.2) is 0 Å². The van der Waals surface area contributed by atoms with Crippen molar-refractivity contribution in [3.05, 3.63) is 28.0 Å². The summed E-state index contributed by atoms with van der Waals surface area (Å²) in [6.45, 7) is -2.47. The van der Waals surface area contributed by atoms with E-state index in [9.17, 15) is 22.8 Å². The second kappa shape index (κ2) is 7.23. The van der Waals surface area contributed by atoms with E-state index in [0.717, 1.165) is 17.4 Å². The summed E-state index contributed by atoms with van der Waals surface area (Å²) in [4.78, 5) is 23.3. The van der Waals surface area contributed by atoms with Crippen LogP contribution in [0.2, 0.25) is 0 Å². The number of aliphatic hydroxyl groups excluding tert-OH is 1. The van der Waals surface area contributed by atoms with E-state index in [1.807, 2.05) is 0 Å². The Bertz CT molecular complexity index is 539. The molecule has 0 fully saturated rings. The molecule has 0 aliphatic carbocycles. The Morgan fingerprint density at radius 3 is 2.52 bits per heavy atom. The van der Waals surface area contributed by atoms with Gasteiger partial charge in [-0.25, -0.2) is 4.79 Å². The van der Waals surface area contributed by atoms with Gasteiger partial charge in [0, 0.05) is 17.5 Å². The molecule has 116 valence electrons. The standard InChI is InChI=1S/C12H12F3NO4S/c13-12(14,15)7-16(5-6-17)11(20)9-3-1-8(21-9)2-4-10(18)19/h1-4,17H,5-7H2,(H,18,19)/b4-2+. The highest BCUT2D eigenvalue weighted by atomic mass is 32.1. The average molecular weight is 323 g/mol. The van der Waals surface area contributed by atoms with Crippen LogP contribution < -0.4 is 0 Å². The molecule has 0 atom stereocenters. The lowest BCUT2D eigenvalue weighted by Gasteiger charge is -2.22. The predicted octanol–water partition coefficient (Wildman–Crippen LogP) is 1.84. The summed E-state index contributed by atoms with van der Waals surface area (Å²) < 4.78 is 37.1. The Kier molecular flexibility index (Phi) is 5.91. The minimum absolute atomic E-state index is 0.0396. The quantitative estimate of drug-likeness (QED) is 0.783. The number of carboxylic acid groups (broad SMARTS) is 1. The number of halogens is 3. The van der Waals surface area contributed by atoms with Crippen LogP contribution in [0, 0.1) is 0 Å². The number of rotatable bonds is 6. The first kappa shape index (κ1) is 17.2. The van der Waals surface area contributed by atoms with E-state index in [-0.39, 0.29) is 4.88 Å². The smallest absolute Gasteiger partial charge is 0.406 e. The largest absolute Gasteiger partial charge is 0.478 e. The molecule has 1 aromatic rings. The van der Waals surface area contributed by atoms with Crippen molar-refractivity contribution in [2.75, 3.05) is 19.7 Å². The Labute approximate surface area is 121 Å². The zero-order chi connectivity index (χ0) is 16.0. The van der Waals surface area contributed by atoms with Gasteiger partial charge in [0.2, 0.25) is 0 Å². The van der Waals surface area contributed by atoms with Crippen molar-refractivity contribution in [3.63, 3.8) is 0 Å². The fraction of sp³-hybridized carbons (Fsp3) is 0.333. The summed E-state index contributed by atoms with van der Waals surface area (Å²) in [7, 11) is 0. The van der Waals surface area contributed by atoms with Gasteiger partial charge in [-0.2, -0.15) is 13.2 Å². The highest BCUT2D eigenvalue weighted by molar-refractivity contribution is 7.14. The van der Waals surface area contributed by atoms with Crippen molar-refractivity contribution in [1.82, 2.24) is 4.90 Å². The molecule has 5 nitrogen and oxygen atoms in total. The molecule has 0 aromatic carbocycles. The van der Waals surface area contributed by atoms with E-state index >= 15 is 0 Å². The Morgan fingerprint density at radius 2 is 2.00 bits per heavy atom. The van der Waals surface area contributed by atoms with Crippen molar-refractivity contribution in [2.45, 2.75) is 6.18 Å². The van der Waals surface area contributed by atoms with Crippen LogP contribution in [0.15, 0.2) is 18.2 Å². The highest BCUT2D eigenvalue weighted by Crippen LogP contribution is 2.22. The molecule has 0 spiro atoms. The molecule has 0 aliphatic rings. The van der Waals surface area contributed by atoms with Crippen molar-refractivity contribution < 1.29 is 33.0 Å². The van der Waals surface area contributed by atoms with E-state index < -0.39 is 37.7 Å². The topological polar surface area (TPSA) is 77.8 Å². The molecule has 9 heteroatoms. The number of aliphatic carboxylic acids is 1. The molecule has 1 amide bonds. The predicted molar refractivity (Wildman–Crippen MR) is 70.0 cm³/mol. The fourth-order valence-corrected chi connectivity index (χ4v) is 2.33. The lowest BCUT2D eigenvalue weighted by Crippen LogP contribution is -2.40. The molecule has 1 rings (SSSR count). The number of alkyl halides is 3. The van der Waals surface area contributed by atoms with Gasteiger partial charge in [-0.1, -0.05) is 0 Å². The highest BCUT2D eigenvalue weighted by Gasteiger charge is 2.33. The molecule has 0 saturated heterocycles. The van der Waals surface area contributed by atoms with Gasteiger partial charge in [0.25, 0.3) is 5.91 Å². The average Bonchev–Trinajstić information content (AvgIpc) is 2.82. The third-order valence-corrected chi connectivity index (χ3v) is 3.29. The third-order valence-electron chi connectivity index (χ3n) is 2.26. The number of carbonyl (C=O) groups excluding carboxylic acids is 1. The first-order valence-corrected chi connectivity index (χ1v) is 6.52. The second-order valence-electron chi connectivity index (χ2n) is 3.94. The van der Waals surface area contributed by atoms with Gasteiger partial charge in [-0.3, -0.25) is 4.79 Å². The molecule has 0 radical (unpaired) electrons. The minimum Gasteiger partial charge on any atom is -0.478 e. The van der Waals surface area contributed by atoms with Crippen LogP contribution in [-0.2, 0) is 4.79 Å². The maximum Gasteiger partial charge on any atom is 0.406 e. The Hall–Kier alpha value is -1.87. The molecule has 2 N–H and O–H groups in total. The maximum absolute atomic E-state index is 12.4. The van der Waals surface area contributed by atoms with Crippen LogP contribution in [0.5, 0.6) is 0 Å². The molecule has 0 unspecified atom stereocenters. The number of amides is 1. The van der Waals surface area contributed by atoms with Crippen LogP contribution in [-0.4, -0.2) is 52.9 Å². The van der Waals surface area contributed by atoms with Crippen molar-refractivity contribution >= 4 is 29.3 Å². The SMILES string of the molecule is O=C(O)/C=C/c1ccc(C(=O)N(CCO)CC(F)(F)F)s1. The van der Waals surface area contributed by atoms with Crippen LogP contribution in [0.1, 0.15) is 14.5 Å². The number of nitrogens with zero attached hydrogens (tertiary/aromatic N) is 1. The van der Waals surface area contributed by atoms with E-state index in [0.29, 0.717) is 9.78 Å². The molecule has 0 saturated carbocycles. The Balaban J connectivity index is 2.86. The molecule has 1 heterocycles. The summed E-state index contributed by atoms with van der Waals surface area (Å²) in [6, 6.07) is 2.75. The molecule has 0 bridgehead atoms. The summed E-state index contributed by atoms with van der Waals surface area (Å²) in [5.41, 5.74) is 0. The summed E-state index contributed by atoms with van der Waals surface area (Å²) in [6.07, 6.45) is -2.46.